The summed E-state index contributed by atoms with van der Waals surface area (Å²) in [4.78, 5) is 12.2. The lowest BCUT2D eigenvalue weighted by Crippen LogP contribution is -2.52. The maximum absolute atomic E-state index is 12.2. The van der Waals surface area contributed by atoms with E-state index in [2.05, 4.69) is 0 Å². The van der Waals surface area contributed by atoms with Gasteiger partial charge in [0.05, 0.1) is 0 Å². The first-order chi connectivity index (χ1) is 6.22. The van der Waals surface area contributed by atoms with E-state index in [4.69, 9.17) is 10.5 Å². The summed E-state index contributed by atoms with van der Waals surface area (Å²) >= 11 is 0. The molecule has 0 fully saturated rings. The van der Waals surface area contributed by atoms with Gasteiger partial charge in [0.2, 0.25) is 0 Å². The summed E-state index contributed by atoms with van der Waals surface area (Å²) in [6, 6.07) is -0.158. The monoisotopic (exact) mass is 201 g/mol. The molecule has 2 unspecified atom stereocenters. The van der Waals surface area contributed by atoms with E-state index in [0.29, 0.717) is 0 Å². The van der Waals surface area contributed by atoms with Gasteiger partial charge in [-0.15, -0.1) is 0 Å². The van der Waals surface area contributed by atoms with E-state index < -0.39 is 11.0 Å². The van der Waals surface area contributed by atoms with Crippen LogP contribution in [-0.2, 0) is 9.53 Å². The van der Waals surface area contributed by atoms with Crippen molar-refractivity contribution in [2.24, 2.45) is 11.1 Å². The molecule has 0 aliphatic carbocycles. The highest BCUT2D eigenvalue weighted by Crippen LogP contribution is 2.31. The van der Waals surface area contributed by atoms with Gasteiger partial charge in [-0.05, 0) is 27.2 Å². The first-order valence-corrected chi connectivity index (χ1v) is 5.08. The molecule has 3 heteroatoms. The fourth-order valence-electron chi connectivity index (χ4n) is 1.47. The summed E-state index contributed by atoms with van der Waals surface area (Å²) < 4.78 is 5.19. The lowest BCUT2D eigenvalue weighted by atomic mass is 9.72. The van der Waals surface area contributed by atoms with Crippen LogP contribution in [0.3, 0.4) is 0 Å². The third kappa shape index (κ3) is 2.34. The van der Waals surface area contributed by atoms with E-state index >= 15 is 0 Å². The van der Waals surface area contributed by atoms with Gasteiger partial charge in [0.25, 0.3) is 0 Å². The number of ketones is 1. The van der Waals surface area contributed by atoms with Gasteiger partial charge in [-0.1, -0.05) is 13.8 Å². The highest BCUT2D eigenvalue weighted by atomic mass is 16.5. The Hall–Kier alpha value is -0.410. The van der Waals surface area contributed by atoms with E-state index in [0.717, 1.165) is 6.42 Å². The highest BCUT2D eigenvalue weighted by molar-refractivity contribution is 5.92. The van der Waals surface area contributed by atoms with Crippen LogP contribution in [0.2, 0.25) is 0 Å². The Balaban J connectivity index is 4.98. The van der Waals surface area contributed by atoms with E-state index in [-0.39, 0.29) is 11.8 Å². The Bertz CT molecular complexity index is 211. The van der Waals surface area contributed by atoms with Crippen LogP contribution < -0.4 is 5.73 Å². The van der Waals surface area contributed by atoms with Crippen molar-refractivity contribution in [1.82, 2.24) is 0 Å². The van der Waals surface area contributed by atoms with Gasteiger partial charge in [-0.2, -0.15) is 0 Å². The molecule has 0 rings (SSSR count). The summed E-state index contributed by atoms with van der Waals surface area (Å²) in [5.74, 6) is 0.0741. The summed E-state index contributed by atoms with van der Waals surface area (Å²) in [5.41, 5.74) is 4.61. The van der Waals surface area contributed by atoms with Gasteiger partial charge >= 0.3 is 0 Å². The average Bonchev–Trinajstić information content (AvgIpc) is 2.15. The van der Waals surface area contributed by atoms with Crippen molar-refractivity contribution in [2.45, 2.75) is 52.7 Å². The van der Waals surface area contributed by atoms with Crippen LogP contribution >= 0.6 is 0 Å². The zero-order chi connectivity index (χ0) is 11.6. The van der Waals surface area contributed by atoms with Gasteiger partial charge in [-0.3, -0.25) is 4.79 Å². The smallest absolute Gasteiger partial charge is 0.171 e. The number of carbonyl (C=O) groups is 1. The Kier molecular flexibility index (Phi) is 4.28. The molecule has 0 amide bonds. The maximum atomic E-state index is 12.2. The number of methoxy groups -OCH3 is 1. The molecule has 0 aromatic carbocycles. The van der Waals surface area contributed by atoms with Crippen molar-refractivity contribution in [3.05, 3.63) is 0 Å². The first-order valence-electron chi connectivity index (χ1n) is 5.08. The summed E-state index contributed by atoms with van der Waals surface area (Å²) in [7, 11) is 1.55. The van der Waals surface area contributed by atoms with Crippen LogP contribution in [0.15, 0.2) is 0 Å². The number of carbonyl (C=O) groups excluding carboxylic acids is 1. The Morgan fingerprint density at radius 1 is 1.43 bits per heavy atom. The summed E-state index contributed by atoms with van der Waals surface area (Å²) in [5, 5.41) is 0. The van der Waals surface area contributed by atoms with Crippen LogP contribution in [0.5, 0.6) is 0 Å². The van der Waals surface area contributed by atoms with Crippen molar-refractivity contribution in [1.29, 1.82) is 0 Å². The molecule has 0 aromatic heterocycles. The molecule has 0 spiro atoms. The second-order valence-electron chi connectivity index (χ2n) is 4.60. The van der Waals surface area contributed by atoms with E-state index in [1.165, 1.54) is 0 Å². The minimum absolute atomic E-state index is 0.0741. The van der Waals surface area contributed by atoms with Crippen molar-refractivity contribution in [2.75, 3.05) is 7.11 Å². The number of ether oxygens (including phenoxy) is 1. The predicted molar refractivity (Wildman–Crippen MR) is 58.1 cm³/mol. The number of Topliss-reactive ketones (excluding diaryl/α,β-unsaturated/α-hetero) is 1. The third-order valence-corrected chi connectivity index (χ3v) is 3.32. The second kappa shape index (κ2) is 4.41. The molecular formula is C11H23NO2. The van der Waals surface area contributed by atoms with Crippen LogP contribution in [0.1, 0.15) is 41.0 Å². The molecule has 84 valence electrons. The zero-order valence-electron chi connectivity index (χ0n) is 10.2. The summed E-state index contributed by atoms with van der Waals surface area (Å²) in [6.07, 6.45) is 0.732. The molecule has 0 aliphatic heterocycles. The topological polar surface area (TPSA) is 52.3 Å². The number of nitrogens with two attached hydrogens (primary N) is 1. The van der Waals surface area contributed by atoms with Gasteiger partial charge in [-0.25, -0.2) is 0 Å². The maximum Gasteiger partial charge on any atom is 0.171 e. The second-order valence-corrected chi connectivity index (χ2v) is 4.60. The molecule has 0 aromatic rings. The Morgan fingerprint density at radius 3 is 2.07 bits per heavy atom. The molecule has 0 radical (unpaired) electrons. The van der Waals surface area contributed by atoms with E-state index in [1.54, 1.807) is 21.0 Å². The van der Waals surface area contributed by atoms with Crippen molar-refractivity contribution in [3.8, 4) is 0 Å². The average molecular weight is 201 g/mol. The minimum Gasteiger partial charge on any atom is -0.371 e. The van der Waals surface area contributed by atoms with Crippen LogP contribution in [0.4, 0.5) is 0 Å². The largest absolute Gasteiger partial charge is 0.371 e. The van der Waals surface area contributed by atoms with Gasteiger partial charge in [0.1, 0.15) is 5.60 Å². The number of hydrogen-bond donors (Lipinski definition) is 1. The van der Waals surface area contributed by atoms with Crippen molar-refractivity contribution in [3.63, 3.8) is 0 Å². The van der Waals surface area contributed by atoms with Gasteiger partial charge < -0.3 is 10.5 Å². The first kappa shape index (κ1) is 13.6. The molecule has 14 heavy (non-hydrogen) atoms. The Labute approximate surface area is 87.0 Å². The fourth-order valence-corrected chi connectivity index (χ4v) is 1.47. The fraction of sp³-hybridized carbons (Fsp3) is 0.909. The van der Waals surface area contributed by atoms with Crippen molar-refractivity contribution < 1.29 is 9.53 Å². The molecule has 0 aliphatic rings. The molecule has 0 saturated carbocycles. The van der Waals surface area contributed by atoms with E-state index in [9.17, 15) is 4.79 Å². The standard InChI is InChI=1S/C11H23NO2/c1-7-11(5,8(2)12)9(13)10(3,4)14-6/h8H,7,12H2,1-6H3. The lowest BCUT2D eigenvalue weighted by molar-refractivity contribution is -0.148. The van der Waals surface area contributed by atoms with Gasteiger partial charge in [0, 0.05) is 18.6 Å². The number of rotatable bonds is 5. The van der Waals surface area contributed by atoms with Crippen molar-refractivity contribution >= 4 is 5.78 Å². The molecule has 0 heterocycles. The van der Waals surface area contributed by atoms with Crippen LogP contribution in [-0.4, -0.2) is 24.5 Å². The minimum atomic E-state index is -0.752. The van der Waals surface area contributed by atoms with Gasteiger partial charge in [0.15, 0.2) is 5.78 Å². The quantitative estimate of drug-likeness (QED) is 0.737. The van der Waals surface area contributed by atoms with Crippen LogP contribution in [0, 0.1) is 5.41 Å². The summed E-state index contributed by atoms with van der Waals surface area (Å²) in [6.45, 7) is 9.32. The Morgan fingerprint density at radius 2 is 1.86 bits per heavy atom. The lowest BCUT2D eigenvalue weighted by Gasteiger charge is -2.37. The molecule has 0 saturated heterocycles. The van der Waals surface area contributed by atoms with E-state index in [1.807, 2.05) is 20.8 Å². The molecule has 2 N–H and O–H groups in total. The predicted octanol–water partition coefficient (Wildman–Crippen LogP) is 1.74. The zero-order valence-corrected chi connectivity index (χ0v) is 10.2. The highest BCUT2D eigenvalue weighted by Gasteiger charge is 2.43. The third-order valence-electron chi connectivity index (χ3n) is 3.32. The molecule has 2 atom stereocenters. The normalized spacial score (nSPS) is 18.8. The molecule has 0 bridgehead atoms. The molecule has 3 nitrogen and oxygen atoms in total. The molecular weight excluding hydrogens is 178 g/mol. The van der Waals surface area contributed by atoms with Crippen LogP contribution in [0.25, 0.3) is 0 Å². The number of hydrogen-bond acceptors (Lipinski definition) is 3. The SMILES string of the molecule is CCC(C)(C(=O)C(C)(C)OC)C(C)N.